The summed E-state index contributed by atoms with van der Waals surface area (Å²) < 4.78 is 16.4. The van der Waals surface area contributed by atoms with Gasteiger partial charge in [0.05, 0.1) is 12.8 Å². The van der Waals surface area contributed by atoms with Crippen molar-refractivity contribution in [3.63, 3.8) is 0 Å². The van der Waals surface area contributed by atoms with Crippen molar-refractivity contribution < 1.29 is 13.6 Å². The molecule has 0 aliphatic heterocycles. The summed E-state index contributed by atoms with van der Waals surface area (Å²) in [6.07, 6.45) is 4.17. The number of guanidine groups is 1. The number of aliphatic imine (C=N–C) groups is 1. The van der Waals surface area contributed by atoms with Crippen LogP contribution in [0.2, 0.25) is 0 Å². The molecule has 2 heterocycles. The Labute approximate surface area is 164 Å². The minimum absolute atomic E-state index is 0.445. The third-order valence-corrected chi connectivity index (χ3v) is 3.90. The predicted molar refractivity (Wildman–Crippen MR) is 108 cm³/mol. The zero-order valence-electron chi connectivity index (χ0n) is 16.1. The van der Waals surface area contributed by atoms with Gasteiger partial charge >= 0.3 is 0 Å². The van der Waals surface area contributed by atoms with E-state index in [1.54, 1.807) is 12.5 Å². The van der Waals surface area contributed by atoms with Gasteiger partial charge in [-0.25, -0.2) is 9.98 Å². The molecule has 7 nitrogen and oxygen atoms in total. The van der Waals surface area contributed by atoms with Crippen LogP contribution in [0.1, 0.15) is 24.8 Å². The fraction of sp³-hybridized carbons (Fsp3) is 0.333. The second-order valence-corrected chi connectivity index (χ2v) is 6.12. The average molecular weight is 382 g/mol. The number of nitrogens with zero attached hydrogens (tertiary/aromatic N) is 2. The van der Waals surface area contributed by atoms with E-state index in [0.29, 0.717) is 25.6 Å². The summed E-state index contributed by atoms with van der Waals surface area (Å²) in [5.74, 6) is 2.20. The van der Waals surface area contributed by atoms with Crippen LogP contribution in [0.15, 0.2) is 68.8 Å². The molecular weight excluding hydrogens is 356 g/mol. The first-order chi connectivity index (χ1) is 13.8. The molecular formula is C21H26N4O3. The van der Waals surface area contributed by atoms with Gasteiger partial charge in [0.1, 0.15) is 24.3 Å². The number of rotatable bonds is 10. The number of hydrogen-bond donors (Lipinski definition) is 2. The Hall–Kier alpha value is -3.06. The lowest BCUT2D eigenvalue weighted by Crippen LogP contribution is -2.38. The Morgan fingerprint density at radius 1 is 1.11 bits per heavy atom. The summed E-state index contributed by atoms with van der Waals surface area (Å²) in [5, 5.41) is 6.53. The number of hydrogen-bond acceptors (Lipinski definition) is 5. The number of nitrogens with one attached hydrogen (secondary N) is 2. The normalized spacial score (nSPS) is 11.5. The van der Waals surface area contributed by atoms with Gasteiger partial charge in [0, 0.05) is 25.3 Å². The van der Waals surface area contributed by atoms with Gasteiger partial charge in [-0.05, 0) is 37.6 Å². The first-order valence-corrected chi connectivity index (χ1v) is 9.47. The van der Waals surface area contributed by atoms with Crippen molar-refractivity contribution >= 4 is 5.96 Å². The Bertz CT molecular complexity index is 828. The molecule has 3 rings (SSSR count). The van der Waals surface area contributed by atoms with Crippen molar-refractivity contribution in [3.05, 3.63) is 66.4 Å². The molecule has 0 unspecified atom stereocenters. The van der Waals surface area contributed by atoms with Crippen LogP contribution >= 0.6 is 0 Å². The molecule has 0 saturated heterocycles. The van der Waals surface area contributed by atoms with Gasteiger partial charge in [-0.3, -0.25) is 0 Å². The molecule has 7 heteroatoms. The van der Waals surface area contributed by atoms with E-state index in [2.05, 4.69) is 20.6 Å². The smallest absolute Gasteiger partial charge is 0.226 e. The van der Waals surface area contributed by atoms with Gasteiger partial charge in [0.15, 0.2) is 5.96 Å². The van der Waals surface area contributed by atoms with Gasteiger partial charge in [-0.15, -0.1) is 0 Å². The number of benzene rings is 1. The lowest BCUT2D eigenvalue weighted by Gasteiger charge is -2.10. The van der Waals surface area contributed by atoms with Gasteiger partial charge in [0.25, 0.3) is 0 Å². The van der Waals surface area contributed by atoms with E-state index < -0.39 is 0 Å². The van der Waals surface area contributed by atoms with Crippen molar-refractivity contribution in [3.8, 4) is 11.5 Å². The first-order valence-electron chi connectivity index (χ1n) is 9.47. The molecule has 28 heavy (non-hydrogen) atoms. The SMILES string of the molecule is CCNC(=NCc1coc(-c2ccccc2)n1)NCCCOCc1ccco1. The van der Waals surface area contributed by atoms with E-state index in [1.165, 1.54) is 0 Å². The minimum atomic E-state index is 0.445. The molecule has 0 aliphatic carbocycles. The zero-order chi connectivity index (χ0) is 19.4. The average Bonchev–Trinajstić information content (AvgIpc) is 3.41. The number of aromatic nitrogens is 1. The maximum absolute atomic E-state index is 5.58. The molecule has 3 aromatic rings. The van der Waals surface area contributed by atoms with Crippen LogP contribution in [0, 0.1) is 0 Å². The highest BCUT2D eigenvalue weighted by atomic mass is 16.5. The van der Waals surface area contributed by atoms with Crippen LogP contribution in [0.5, 0.6) is 0 Å². The van der Waals surface area contributed by atoms with Crippen LogP contribution in [0.25, 0.3) is 11.5 Å². The largest absolute Gasteiger partial charge is 0.467 e. The monoisotopic (exact) mass is 382 g/mol. The highest BCUT2D eigenvalue weighted by Gasteiger charge is 2.06. The molecule has 2 N–H and O–H groups in total. The molecule has 0 radical (unpaired) electrons. The van der Waals surface area contributed by atoms with Gasteiger partial charge < -0.3 is 24.2 Å². The molecule has 2 aromatic heterocycles. The molecule has 148 valence electrons. The minimum Gasteiger partial charge on any atom is -0.467 e. The Morgan fingerprint density at radius 2 is 2.00 bits per heavy atom. The highest BCUT2D eigenvalue weighted by molar-refractivity contribution is 5.79. The fourth-order valence-corrected chi connectivity index (χ4v) is 2.54. The Balaban J connectivity index is 1.41. The third kappa shape index (κ3) is 6.28. The van der Waals surface area contributed by atoms with Gasteiger partial charge in [0.2, 0.25) is 5.89 Å². The van der Waals surface area contributed by atoms with Crippen molar-refractivity contribution in [2.75, 3.05) is 19.7 Å². The summed E-state index contributed by atoms with van der Waals surface area (Å²) in [7, 11) is 0. The van der Waals surface area contributed by atoms with E-state index in [1.807, 2.05) is 49.4 Å². The number of furan rings is 1. The lowest BCUT2D eigenvalue weighted by molar-refractivity contribution is 0.105. The molecule has 1 aromatic carbocycles. The zero-order valence-corrected chi connectivity index (χ0v) is 16.1. The van der Waals surface area contributed by atoms with Crippen LogP contribution < -0.4 is 10.6 Å². The molecule has 0 spiro atoms. The molecule has 0 fully saturated rings. The highest BCUT2D eigenvalue weighted by Crippen LogP contribution is 2.18. The maximum Gasteiger partial charge on any atom is 0.226 e. The van der Waals surface area contributed by atoms with Crippen molar-refractivity contribution in [1.29, 1.82) is 0 Å². The standard InChI is InChI=1S/C21H26N4O3/c1-2-22-21(23-11-7-12-26-16-19-10-6-13-27-19)24-14-18-15-28-20(25-18)17-8-4-3-5-9-17/h3-6,8-10,13,15H,2,7,11-12,14,16H2,1H3,(H2,22,23,24). The van der Waals surface area contributed by atoms with Crippen LogP contribution in [0.4, 0.5) is 0 Å². The molecule has 0 bridgehead atoms. The number of ether oxygens (including phenoxy) is 1. The van der Waals surface area contributed by atoms with Crippen molar-refractivity contribution in [2.45, 2.75) is 26.5 Å². The van der Waals surface area contributed by atoms with E-state index in [-0.39, 0.29) is 0 Å². The molecule has 0 aliphatic rings. The maximum atomic E-state index is 5.58. The van der Waals surface area contributed by atoms with E-state index in [4.69, 9.17) is 13.6 Å². The van der Waals surface area contributed by atoms with E-state index >= 15 is 0 Å². The number of oxazole rings is 1. The topological polar surface area (TPSA) is 84.8 Å². The molecule has 0 saturated carbocycles. The first kappa shape index (κ1) is 19.7. The Morgan fingerprint density at radius 3 is 2.79 bits per heavy atom. The summed E-state index contributed by atoms with van der Waals surface area (Å²) in [4.78, 5) is 9.06. The predicted octanol–water partition coefficient (Wildman–Crippen LogP) is 3.60. The van der Waals surface area contributed by atoms with Crippen LogP contribution in [0.3, 0.4) is 0 Å². The van der Waals surface area contributed by atoms with Crippen molar-refractivity contribution in [2.24, 2.45) is 4.99 Å². The Kier molecular flexibility index (Phi) is 7.69. The summed E-state index contributed by atoms with van der Waals surface area (Å²) in [5.41, 5.74) is 1.75. The molecule has 0 atom stereocenters. The molecule has 0 amide bonds. The van der Waals surface area contributed by atoms with Gasteiger partial charge in [-0.1, -0.05) is 18.2 Å². The van der Waals surface area contributed by atoms with Crippen molar-refractivity contribution in [1.82, 2.24) is 15.6 Å². The van der Waals surface area contributed by atoms with Crippen LogP contribution in [-0.2, 0) is 17.9 Å². The second-order valence-electron chi connectivity index (χ2n) is 6.12. The fourth-order valence-electron chi connectivity index (χ4n) is 2.54. The summed E-state index contributed by atoms with van der Waals surface area (Å²) >= 11 is 0. The quantitative estimate of drug-likeness (QED) is 0.317. The third-order valence-electron chi connectivity index (χ3n) is 3.90. The van der Waals surface area contributed by atoms with Crippen LogP contribution in [-0.4, -0.2) is 30.6 Å². The lowest BCUT2D eigenvalue weighted by atomic mass is 10.2. The summed E-state index contributed by atoms with van der Waals surface area (Å²) in [6, 6.07) is 13.6. The second kappa shape index (κ2) is 10.9. The van der Waals surface area contributed by atoms with E-state index in [0.717, 1.165) is 42.5 Å². The van der Waals surface area contributed by atoms with E-state index in [9.17, 15) is 0 Å². The summed E-state index contributed by atoms with van der Waals surface area (Å²) in [6.45, 7) is 5.18. The van der Waals surface area contributed by atoms with Gasteiger partial charge in [-0.2, -0.15) is 0 Å².